The highest BCUT2D eigenvalue weighted by molar-refractivity contribution is 6.02. The first kappa shape index (κ1) is 37.7. The molecule has 0 spiro atoms. The molecule has 12 heteroatoms. The summed E-state index contributed by atoms with van der Waals surface area (Å²) >= 11 is 0. The van der Waals surface area contributed by atoms with Gasteiger partial charge in [0.15, 0.2) is 0 Å². The number of ether oxygens (including phenoxy) is 2. The number of Topliss-reactive ketones (excluding diaryl/α,β-unsaturated/α-hetero) is 1. The van der Waals surface area contributed by atoms with E-state index in [9.17, 15) is 22.4 Å². The number of hydrogen-bond acceptors (Lipinski definition) is 7. The molecule has 9 rings (SSSR count). The first-order valence-corrected chi connectivity index (χ1v) is 19.7. The molecule has 0 bridgehead atoms. The van der Waals surface area contributed by atoms with Gasteiger partial charge in [0.2, 0.25) is 0 Å². The summed E-state index contributed by atoms with van der Waals surface area (Å²) in [5, 5.41) is 4.98. The highest BCUT2D eigenvalue weighted by Gasteiger charge is 2.45. The molecular weight excluding hydrogens is 710 g/mol. The van der Waals surface area contributed by atoms with E-state index in [0.29, 0.717) is 37.0 Å². The Hall–Kier alpha value is -4.16. The Balaban J connectivity index is 0.000000155. The average Bonchev–Trinajstić information content (AvgIpc) is 3.51. The third-order valence-corrected chi connectivity index (χ3v) is 11.9. The number of anilines is 1. The second-order valence-electron chi connectivity index (χ2n) is 16.9. The van der Waals surface area contributed by atoms with E-state index in [1.54, 1.807) is 31.5 Å². The first-order valence-electron chi connectivity index (χ1n) is 19.7. The van der Waals surface area contributed by atoms with Crippen molar-refractivity contribution in [2.75, 3.05) is 18.5 Å². The van der Waals surface area contributed by atoms with E-state index in [4.69, 9.17) is 14.5 Å². The van der Waals surface area contributed by atoms with Crippen molar-refractivity contribution in [1.29, 1.82) is 0 Å². The normalized spacial score (nSPS) is 30.7. The number of rotatable bonds is 7. The van der Waals surface area contributed by atoms with Crippen molar-refractivity contribution in [3.63, 3.8) is 0 Å². The van der Waals surface area contributed by atoms with Gasteiger partial charge in [0, 0.05) is 71.8 Å². The minimum atomic E-state index is -1.23. The van der Waals surface area contributed by atoms with Gasteiger partial charge in [0.1, 0.15) is 40.1 Å². The molecular formula is C43H49F4N5O3. The van der Waals surface area contributed by atoms with Crippen molar-refractivity contribution < 1.29 is 31.8 Å². The number of fused-ring (bicyclic) bond motifs is 4. The van der Waals surface area contributed by atoms with Crippen molar-refractivity contribution in [3.8, 4) is 0 Å². The zero-order valence-corrected chi connectivity index (χ0v) is 31.9. The van der Waals surface area contributed by atoms with Crippen molar-refractivity contribution >= 4 is 44.3 Å². The van der Waals surface area contributed by atoms with Crippen molar-refractivity contribution in [2.24, 2.45) is 5.92 Å². The summed E-state index contributed by atoms with van der Waals surface area (Å²) in [4.78, 5) is 26.4. The Labute approximate surface area is 318 Å². The van der Waals surface area contributed by atoms with Gasteiger partial charge in [-0.15, -0.1) is 0 Å². The molecule has 5 heterocycles. The Morgan fingerprint density at radius 1 is 0.836 bits per heavy atom. The molecule has 2 aliphatic heterocycles. The van der Waals surface area contributed by atoms with Crippen LogP contribution in [0.4, 0.5) is 23.2 Å². The Morgan fingerprint density at radius 2 is 1.45 bits per heavy atom. The minimum Gasteiger partial charge on any atom is -0.381 e. The van der Waals surface area contributed by atoms with E-state index in [2.05, 4.69) is 26.8 Å². The molecule has 5 aromatic rings. The van der Waals surface area contributed by atoms with Gasteiger partial charge in [0.05, 0.1) is 35.0 Å². The monoisotopic (exact) mass is 759 g/mol. The fourth-order valence-electron chi connectivity index (χ4n) is 9.16. The van der Waals surface area contributed by atoms with Gasteiger partial charge in [-0.3, -0.25) is 14.8 Å². The molecule has 4 atom stereocenters. The second kappa shape index (κ2) is 14.7. The van der Waals surface area contributed by atoms with Crippen LogP contribution in [0, 0.1) is 17.6 Å². The lowest BCUT2D eigenvalue weighted by Gasteiger charge is -2.40. The van der Waals surface area contributed by atoms with E-state index in [-0.39, 0.29) is 72.8 Å². The minimum absolute atomic E-state index is 0.0241. The number of nitrogens with zero attached hydrogens (tertiary/aromatic N) is 4. The third-order valence-electron chi connectivity index (χ3n) is 11.9. The number of nitrogens with one attached hydrogen (secondary N) is 1. The Bertz CT molecular complexity index is 2230. The highest BCUT2D eigenvalue weighted by atomic mass is 19.2. The quantitative estimate of drug-likeness (QED) is 0.165. The molecule has 2 saturated carbocycles. The standard InChI is InChI=1S/C22H26F2N2O2.C21H23F2N3O/c1-13-7-17(5-6-28-13)26-21-14(8-20(27)15-10-22(2,24)11-15)12-25-19-4-3-16(23)9-18(19)21;1-12-7-15(5-6-27-12)26-19-16-8-14(22)3-4-17(16)24-11-18(19)25-20(26)13-9-21(2,23)10-13/h3-4,9,12-13,15,17H,5-8,10-11H2,1-2H3,(H,25,26);3-4,8,11-13,15H,5-7,9-10H2,1-2H3/t13-,15?,17?,22?;12-,13?,15?,21?/m11/s1. The summed E-state index contributed by atoms with van der Waals surface area (Å²) < 4.78 is 69.6. The molecule has 0 amide bonds. The van der Waals surface area contributed by atoms with Gasteiger partial charge in [-0.2, -0.15) is 0 Å². The van der Waals surface area contributed by atoms with E-state index < -0.39 is 11.3 Å². The van der Waals surface area contributed by atoms with Gasteiger partial charge in [0.25, 0.3) is 0 Å². The van der Waals surface area contributed by atoms with Crippen molar-refractivity contribution in [1.82, 2.24) is 19.5 Å². The molecule has 55 heavy (non-hydrogen) atoms. The summed E-state index contributed by atoms with van der Waals surface area (Å²) in [6, 6.07) is 9.57. The van der Waals surface area contributed by atoms with Crippen molar-refractivity contribution in [2.45, 2.75) is 127 Å². The maximum absolute atomic E-state index is 14.2. The second-order valence-corrected chi connectivity index (χ2v) is 16.9. The number of pyridine rings is 2. The van der Waals surface area contributed by atoms with Crippen molar-refractivity contribution in [3.05, 3.63) is 71.8 Å². The number of hydrogen-bond donors (Lipinski definition) is 1. The number of carbonyl (C=O) groups is 1. The van der Waals surface area contributed by atoms with Crippen LogP contribution in [-0.2, 0) is 20.7 Å². The van der Waals surface area contributed by atoms with E-state index in [0.717, 1.165) is 64.7 Å². The van der Waals surface area contributed by atoms with Crippen LogP contribution in [0.5, 0.6) is 0 Å². The fourth-order valence-corrected chi connectivity index (χ4v) is 9.16. The molecule has 292 valence electrons. The largest absolute Gasteiger partial charge is 0.381 e. The number of imidazole rings is 1. The SMILES string of the molecule is C[C@@H]1CC(Nc2c(CC(=O)C3CC(C)(F)C3)cnc3ccc(F)cc23)CCO1.C[C@@H]1CC(n2c(C3CC(C)(F)C3)nc3cnc4ccc(F)cc4c32)CCO1. The number of carbonyl (C=O) groups excluding carboxylic acids is 1. The topological polar surface area (TPSA) is 91.2 Å². The molecule has 2 saturated heterocycles. The molecule has 0 radical (unpaired) electrons. The lowest BCUT2D eigenvalue weighted by Crippen LogP contribution is -2.41. The predicted molar refractivity (Wildman–Crippen MR) is 205 cm³/mol. The lowest BCUT2D eigenvalue weighted by molar-refractivity contribution is -0.130. The zero-order chi connectivity index (χ0) is 38.6. The first-order chi connectivity index (χ1) is 26.2. The van der Waals surface area contributed by atoms with Gasteiger partial charge in [-0.25, -0.2) is 22.5 Å². The summed E-state index contributed by atoms with van der Waals surface area (Å²) in [5.41, 5.74) is 2.26. The summed E-state index contributed by atoms with van der Waals surface area (Å²) in [6.07, 6.45) is 8.90. The van der Waals surface area contributed by atoms with Gasteiger partial charge >= 0.3 is 0 Å². The third kappa shape index (κ3) is 7.94. The fraction of sp³-hybridized carbons (Fsp3) is 0.535. The number of aromatic nitrogens is 4. The maximum atomic E-state index is 14.2. The number of ketones is 1. The maximum Gasteiger partial charge on any atom is 0.140 e. The summed E-state index contributed by atoms with van der Waals surface area (Å²) in [5.74, 6) is 0.164. The number of halogens is 4. The van der Waals surface area contributed by atoms with Gasteiger partial charge in [-0.1, -0.05) is 0 Å². The van der Waals surface area contributed by atoms with E-state index in [1.165, 1.54) is 31.2 Å². The lowest BCUT2D eigenvalue weighted by atomic mass is 9.70. The van der Waals surface area contributed by atoms with E-state index >= 15 is 0 Å². The Kier molecular flexibility index (Phi) is 10.1. The van der Waals surface area contributed by atoms with Gasteiger partial charge in [-0.05, 0) is 115 Å². The molecule has 2 unspecified atom stereocenters. The number of benzene rings is 2. The molecule has 3 aromatic heterocycles. The number of alkyl halides is 2. The summed E-state index contributed by atoms with van der Waals surface area (Å²) in [7, 11) is 0. The smallest absolute Gasteiger partial charge is 0.140 e. The molecule has 4 fully saturated rings. The van der Waals surface area contributed by atoms with Crippen LogP contribution in [0.1, 0.15) is 102 Å². The van der Waals surface area contributed by atoms with Crippen LogP contribution in [-0.4, -0.2) is 68.1 Å². The predicted octanol–water partition coefficient (Wildman–Crippen LogP) is 9.67. The molecule has 1 N–H and O–H groups in total. The molecule has 4 aliphatic rings. The zero-order valence-electron chi connectivity index (χ0n) is 31.9. The van der Waals surface area contributed by atoms with Crippen LogP contribution in [0.25, 0.3) is 32.8 Å². The molecule has 2 aromatic carbocycles. The molecule has 8 nitrogen and oxygen atoms in total. The highest BCUT2D eigenvalue weighted by Crippen LogP contribution is 2.49. The molecule has 2 aliphatic carbocycles. The van der Waals surface area contributed by atoms with Crippen LogP contribution < -0.4 is 5.32 Å². The Morgan fingerprint density at radius 3 is 2.11 bits per heavy atom. The van der Waals surface area contributed by atoms with Gasteiger partial charge < -0.3 is 19.4 Å². The van der Waals surface area contributed by atoms with Crippen LogP contribution in [0.15, 0.2) is 48.8 Å². The summed E-state index contributed by atoms with van der Waals surface area (Å²) in [6.45, 7) is 8.66. The average molecular weight is 760 g/mol. The van der Waals surface area contributed by atoms with Crippen LogP contribution >= 0.6 is 0 Å². The van der Waals surface area contributed by atoms with E-state index in [1.807, 2.05) is 6.92 Å². The van der Waals surface area contributed by atoms with Crippen LogP contribution in [0.3, 0.4) is 0 Å². The van der Waals surface area contributed by atoms with Crippen LogP contribution in [0.2, 0.25) is 0 Å².